The van der Waals surface area contributed by atoms with Crippen molar-refractivity contribution in [2.45, 2.75) is 45.1 Å². The molecule has 1 amide bonds. The van der Waals surface area contributed by atoms with Gasteiger partial charge in [0.2, 0.25) is 0 Å². The lowest BCUT2D eigenvalue weighted by molar-refractivity contribution is 0.0583. The highest BCUT2D eigenvalue weighted by Crippen LogP contribution is 2.38. The van der Waals surface area contributed by atoms with Crippen LogP contribution in [0.25, 0.3) is 0 Å². The minimum atomic E-state index is -0.455. The molecule has 3 rings (SSSR count). The summed E-state index contributed by atoms with van der Waals surface area (Å²) in [6, 6.07) is 6.41. The van der Waals surface area contributed by atoms with E-state index in [1.165, 1.54) is 11.1 Å². The number of benzene rings is 1. The van der Waals surface area contributed by atoms with Gasteiger partial charge in [-0.15, -0.1) is 0 Å². The lowest BCUT2D eigenvalue weighted by Crippen LogP contribution is -2.36. The fourth-order valence-electron chi connectivity index (χ4n) is 3.24. The predicted octanol–water partition coefficient (Wildman–Crippen LogP) is 3.06. The van der Waals surface area contributed by atoms with Crippen molar-refractivity contribution in [2.24, 2.45) is 0 Å². The Morgan fingerprint density at radius 2 is 2.19 bits per heavy atom. The van der Waals surface area contributed by atoms with Crippen molar-refractivity contribution >= 4 is 11.8 Å². The Bertz CT molecular complexity index is 542. The lowest BCUT2D eigenvalue weighted by Gasteiger charge is -2.27. The van der Waals surface area contributed by atoms with Gasteiger partial charge in [0.1, 0.15) is 5.60 Å². The molecule has 1 N–H and O–H groups in total. The minimum Gasteiger partial charge on any atom is -0.443 e. The van der Waals surface area contributed by atoms with Gasteiger partial charge in [0.15, 0.2) is 0 Å². The number of hydrogen-bond donors (Lipinski definition) is 1. The Balaban J connectivity index is 1.91. The van der Waals surface area contributed by atoms with E-state index in [0.29, 0.717) is 5.92 Å². The van der Waals surface area contributed by atoms with Crippen LogP contribution in [0.2, 0.25) is 0 Å². The molecule has 0 bridgehead atoms. The van der Waals surface area contributed by atoms with Gasteiger partial charge < -0.3 is 10.1 Å². The van der Waals surface area contributed by atoms with E-state index in [1.807, 2.05) is 25.7 Å². The Kier molecular flexibility index (Phi) is 3.66. The van der Waals surface area contributed by atoms with Crippen LogP contribution in [-0.2, 0) is 11.2 Å². The van der Waals surface area contributed by atoms with Gasteiger partial charge in [-0.3, -0.25) is 4.90 Å². The monoisotopic (exact) mass is 288 g/mol. The predicted molar refractivity (Wildman–Crippen MR) is 84.0 cm³/mol. The zero-order valence-electron chi connectivity index (χ0n) is 13.1. The molecule has 0 saturated carbocycles. The van der Waals surface area contributed by atoms with Gasteiger partial charge >= 0.3 is 6.09 Å². The van der Waals surface area contributed by atoms with E-state index < -0.39 is 5.60 Å². The van der Waals surface area contributed by atoms with Gasteiger partial charge in [-0.05, 0) is 57.2 Å². The molecule has 4 nitrogen and oxygen atoms in total. The van der Waals surface area contributed by atoms with Gasteiger partial charge in [0.25, 0.3) is 0 Å². The molecule has 21 heavy (non-hydrogen) atoms. The molecule has 0 aromatic heterocycles. The highest BCUT2D eigenvalue weighted by atomic mass is 16.6. The van der Waals surface area contributed by atoms with Crippen LogP contribution in [0.3, 0.4) is 0 Å². The normalized spacial score (nSPS) is 21.5. The average molecular weight is 288 g/mol. The first-order valence-electron chi connectivity index (χ1n) is 7.79. The minimum absolute atomic E-state index is 0.223. The standard InChI is InChI=1S/C17H24N2O2/c1-17(2,3)21-16(20)19-10-8-12-5-4-6-14(15(12)19)13-7-9-18-11-13/h4-6,13,18H,7-11H2,1-3H3. The van der Waals surface area contributed by atoms with Crippen molar-refractivity contribution < 1.29 is 9.53 Å². The lowest BCUT2D eigenvalue weighted by atomic mass is 9.94. The first-order chi connectivity index (χ1) is 9.96. The summed E-state index contributed by atoms with van der Waals surface area (Å²) in [4.78, 5) is 14.3. The van der Waals surface area contributed by atoms with Gasteiger partial charge in [-0.1, -0.05) is 18.2 Å². The van der Waals surface area contributed by atoms with Crippen molar-refractivity contribution in [1.82, 2.24) is 5.32 Å². The molecule has 2 heterocycles. The zero-order chi connectivity index (χ0) is 15.0. The van der Waals surface area contributed by atoms with E-state index in [9.17, 15) is 4.79 Å². The number of fused-ring (bicyclic) bond motifs is 1. The summed E-state index contributed by atoms with van der Waals surface area (Å²) in [5, 5.41) is 3.41. The third-order valence-corrected chi connectivity index (χ3v) is 4.14. The molecule has 1 atom stereocenters. The molecule has 2 aliphatic heterocycles. The summed E-state index contributed by atoms with van der Waals surface area (Å²) in [5.41, 5.74) is 3.20. The van der Waals surface area contributed by atoms with Crippen molar-refractivity contribution in [3.8, 4) is 0 Å². The molecular weight excluding hydrogens is 264 g/mol. The number of carbonyl (C=O) groups excluding carboxylic acids is 1. The molecule has 1 fully saturated rings. The van der Waals surface area contributed by atoms with Gasteiger partial charge in [0, 0.05) is 13.1 Å². The number of nitrogens with zero attached hydrogens (tertiary/aromatic N) is 1. The Labute approximate surface area is 126 Å². The second-order valence-electron chi connectivity index (χ2n) is 6.93. The Hall–Kier alpha value is -1.55. The van der Waals surface area contributed by atoms with Crippen molar-refractivity contribution in [1.29, 1.82) is 0 Å². The SMILES string of the molecule is CC(C)(C)OC(=O)N1CCc2cccc(C3CCNC3)c21. The molecule has 1 aromatic rings. The molecule has 1 unspecified atom stereocenters. The van der Waals surface area contributed by atoms with E-state index in [1.54, 1.807) is 0 Å². The van der Waals surface area contributed by atoms with Crippen LogP contribution in [0.15, 0.2) is 18.2 Å². The smallest absolute Gasteiger partial charge is 0.414 e. The molecule has 1 aromatic carbocycles. The summed E-state index contributed by atoms with van der Waals surface area (Å²) in [6.45, 7) is 8.51. The van der Waals surface area contributed by atoms with Crippen LogP contribution in [0, 0.1) is 0 Å². The molecule has 0 aliphatic carbocycles. The fraction of sp³-hybridized carbons (Fsp3) is 0.588. The average Bonchev–Trinajstić information content (AvgIpc) is 3.05. The van der Waals surface area contributed by atoms with Crippen LogP contribution in [0.5, 0.6) is 0 Å². The molecular formula is C17H24N2O2. The van der Waals surface area contributed by atoms with Crippen LogP contribution >= 0.6 is 0 Å². The van der Waals surface area contributed by atoms with Crippen LogP contribution in [0.4, 0.5) is 10.5 Å². The number of anilines is 1. The summed E-state index contributed by atoms with van der Waals surface area (Å²) < 4.78 is 5.57. The van der Waals surface area contributed by atoms with Gasteiger partial charge in [-0.2, -0.15) is 0 Å². The molecule has 4 heteroatoms. The third-order valence-electron chi connectivity index (χ3n) is 4.14. The number of amides is 1. The number of rotatable bonds is 1. The van der Waals surface area contributed by atoms with E-state index in [2.05, 4.69) is 23.5 Å². The molecule has 1 saturated heterocycles. The third kappa shape index (κ3) is 2.91. The van der Waals surface area contributed by atoms with Crippen LogP contribution < -0.4 is 10.2 Å². The summed E-state index contributed by atoms with van der Waals surface area (Å²) in [7, 11) is 0. The molecule has 0 spiro atoms. The Morgan fingerprint density at radius 1 is 1.38 bits per heavy atom. The van der Waals surface area contributed by atoms with Crippen molar-refractivity contribution in [2.75, 3.05) is 24.5 Å². The maximum absolute atomic E-state index is 12.5. The van der Waals surface area contributed by atoms with Gasteiger partial charge in [0.05, 0.1) is 5.69 Å². The first-order valence-corrected chi connectivity index (χ1v) is 7.79. The largest absolute Gasteiger partial charge is 0.443 e. The molecule has 114 valence electrons. The Morgan fingerprint density at radius 3 is 2.86 bits per heavy atom. The van der Waals surface area contributed by atoms with Gasteiger partial charge in [-0.25, -0.2) is 4.79 Å². The van der Waals surface area contributed by atoms with Crippen LogP contribution in [-0.4, -0.2) is 31.3 Å². The highest BCUT2D eigenvalue weighted by Gasteiger charge is 2.33. The number of hydrogen-bond acceptors (Lipinski definition) is 3. The fourth-order valence-corrected chi connectivity index (χ4v) is 3.24. The zero-order valence-corrected chi connectivity index (χ0v) is 13.1. The quantitative estimate of drug-likeness (QED) is 0.863. The van der Waals surface area contributed by atoms with E-state index >= 15 is 0 Å². The van der Waals surface area contributed by atoms with E-state index in [-0.39, 0.29) is 6.09 Å². The maximum atomic E-state index is 12.5. The van der Waals surface area contributed by atoms with Crippen molar-refractivity contribution in [3.63, 3.8) is 0 Å². The second kappa shape index (κ2) is 5.34. The summed E-state index contributed by atoms with van der Waals surface area (Å²) >= 11 is 0. The second-order valence-corrected chi connectivity index (χ2v) is 6.93. The van der Waals surface area contributed by atoms with E-state index in [0.717, 1.165) is 38.2 Å². The highest BCUT2D eigenvalue weighted by molar-refractivity contribution is 5.92. The van der Waals surface area contributed by atoms with Crippen molar-refractivity contribution in [3.05, 3.63) is 29.3 Å². The first kappa shape index (κ1) is 14.4. The number of ether oxygens (including phenoxy) is 1. The van der Waals surface area contributed by atoms with E-state index in [4.69, 9.17) is 4.74 Å². The summed E-state index contributed by atoms with van der Waals surface area (Å²) in [6.07, 6.45) is 1.83. The topological polar surface area (TPSA) is 41.6 Å². The summed E-state index contributed by atoms with van der Waals surface area (Å²) in [5.74, 6) is 0.503. The molecule has 0 radical (unpaired) electrons. The number of para-hydroxylation sites is 1. The molecule has 2 aliphatic rings. The number of nitrogens with one attached hydrogen (secondary N) is 1. The van der Waals surface area contributed by atoms with Crippen LogP contribution in [0.1, 0.15) is 44.2 Å². The number of carbonyl (C=O) groups is 1. The maximum Gasteiger partial charge on any atom is 0.414 e.